The second kappa shape index (κ2) is 7.27. The topological polar surface area (TPSA) is 84.2 Å². The van der Waals surface area contributed by atoms with Gasteiger partial charge in [0, 0.05) is 16.2 Å². The highest BCUT2D eigenvalue weighted by molar-refractivity contribution is 9.10. The molecule has 6 nitrogen and oxygen atoms in total. The lowest BCUT2D eigenvalue weighted by atomic mass is 10.2. The Morgan fingerprint density at radius 2 is 1.88 bits per heavy atom. The van der Waals surface area contributed by atoms with E-state index in [0.717, 1.165) is 21.3 Å². The van der Waals surface area contributed by atoms with Gasteiger partial charge in [-0.25, -0.2) is 4.39 Å². The molecule has 132 valence electrons. The van der Waals surface area contributed by atoms with Gasteiger partial charge in [0.15, 0.2) is 11.4 Å². The minimum Gasteiger partial charge on any atom is -0.505 e. The molecule has 0 aliphatic carbocycles. The van der Waals surface area contributed by atoms with Crippen LogP contribution in [0.3, 0.4) is 0 Å². The van der Waals surface area contributed by atoms with Crippen LogP contribution in [0.4, 0.5) is 10.1 Å². The van der Waals surface area contributed by atoms with Gasteiger partial charge in [0.1, 0.15) is 5.82 Å². The number of carbonyl (C=O) groups is 1. The fourth-order valence-corrected chi connectivity index (χ4v) is 2.59. The first-order chi connectivity index (χ1) is 12.3. The molecule has 2 aromatic carbocycles. The summed E-state index contributed by atoms with van der Waals surface area (Å²) in [6, 6.07) is 11.2. The Morgan fingerprint density at radius 1 is 1.19 bits per heavy atom. The van der Waals surface area contributed by atoms with Gasteiger partial charge in [-0.2, -0.15) is 9.78 Å². The number of nitrogens with zero attached hydrogens (tertiary/aromatic N) is 2. The molecule has 0 aliphatic heterocycles. The van der Waals surface area contributed by atoms with Crippen molar-refractivity contribution < 1.29 is 14.3 Å². The van der Waals surface area contributed by atoms with Crippen molar-refractivity contribution in [3.8, 4) is 11.4 Å². The first-order valence-electron chi connectivity index (χ1n) is 7.21. The van der Waals surface area contributed by atoms with Crippen LogP contribution in [0.25, 0.3) is 5.69 Å². The van der Waals surface area contributed by atoms with E-state index in [0.29, 0.717) is 5.69 Å². The maximum atomic E-state index is 13.2. The van der Waals surface area contributed by atoms with Gasteiger partial charge in [-0.15, -0.1) is 0 Å². The molecule has 2 N–H and O–H groups in total. The third-order valence-electron chi connectivity index (χ3n) is 3.38. The molecule has 0 unspecified atom stereocenters. The number of hydrogen-bond donors (Lipinski definition) is 2. The summed E-state index contributed by atoms with van der Waals surface area (Å²) in [6.07, 6.45) is 0. The lowest BCUT2D eigenvalue weighted by Crippen LogP contribution is -2.25. The van der Waals surface area contributed by atoms with Crippen molar-refractivity contribution in [3.63, 3.8) is 0 Å². The van der Waals surface area contributed by atoms with Gasteiger partial charge in [0.25, 0.3) is 11.5 Å². The number of rotatable bonds is 3. The van der Waals surface area contributed by atoms with Gasteiger partial charge >= 0.3 is 0 Å². The summed E-state index contributed by atoms with van der Waals surface area (Å²) < 4.78 is 15.0. The van der Waals surface area contributed by atoms with Gasteiger partial charge in [-0.1, -0.05) is 27.5 Å². The lowest BCUT2D eigenvalue weighted by molar-refractivity contribution is 0.101. The third-order valence-corrected chi connectivity index (χ3v) is 4.19. The molecule has 0 aliphatic rings. The van der Waals surface area contributed by atoms with E-state index in [4.69, 9.17) is 11.6 Å². The van der Waals surface area contributed by atoms with Crippen molar-refractivity contribution in [2.24, 2.45) is 0 Å². The van der Waals surface area contributed by atoms with Crippen LogP contribution in [0.15, 0.2) is 57.8 Å². The van der Waals surface area contributed by atoms with Gasteiger partial charge in [-0.3, -0.25) is 9.59 Å². The molecule has 0 spiro atoms. The predicted octanol–water partition coefficient (Wildman–Crippen LogP) is 3.75. The smallest absolute Gasteiger partial charge is 0.279 e. The third kappa shape index (κ3) is 3.76. The highest BCUT2D eigenvalue weighted by atomic mass is 79.9. The number of aromatic nitrogens is 2. The Kier molecular flexibility index (Phi) is 5.06. The monoisotopic (exact) mass is 437 g/mol. The number of hydrogen-bond acceptors (Lipinski definition) is 4. The fraction of sp³-hybridized carbons (Fsp3) is 0. The summed E-state index contributed by atoms with van der Waals surface area (Å²) in [5, 5.41) is 16.1. The molecular formula is C17H10BrClFN3O3. The van der Waals surface area contributed by atoms with E-state index in [1.807, 2.05) is 0 Å². The molecule has 0 atom stereocenters. The second-order valence-electron chi connectivity index (χ2n) is 5.19. The first kappa shape index (κ1) is 18.1. The molecule has 0 radical (unpaired) electrons. The molecule has 9 heteroatoms. The zero-order valence-corrected chi connectivity index (χ0v) is 15.3. The van der Waals surface area contributed by atoms with Gasteiger partial charge in [-0.05, 0) is 42.5 Å². The maximum absolute atomic E-state index is 13.2. The van der Waals surface area contributed by atoms with Gasteiger partial charge in [0.05, 0.1) is 10.7 Å². The van der Waals surface area contributed by atoms with E-state index >= 15 is 0 Å². The van der Waals surface area contributed by atoms with Crippen molar-refractivity contribution in [2.45, 2.75) is 0 Å². The average Bonchev–Trinajstić information content (AvgIpc) is 2.59. The number of amides is 1. The molecule has 0 fully saturated rings. The Balaban J connectivity index is 1.97. The molecule has 0 bridgehead atoms. The molecule has 0 saturated carbocycles. The summed E-state index contributed by atoms with van der Waals surface area (Å²) in [6.45, 7) is 0. The minimum absolute atomic E-state index is 0.167. The van der Waals surface area contributed by atoms with Crippen LogP contribution in [-0.4, -0.2) is 20.8 Å². The Bertz CT molecular complexity index is 1050. The quantitative estimate of drug-likeness (QED) is 0.652. The van der Waals surface area contributed by atoms with E-state index in [2.05, 4.69) is 26.3 Å². The van der Waals surface area contributed by atoms with Gasteiger partial charge in [0.2, 0.25) is 0 Å². The molecular weight excluding hydrogens is 429 g/mol. The SMILES string of the molecule is O=C(Nc1ccc(F)c(Cl)c1)c1nn(-c2ccc(Br)cc2)c(=O)cc1O. The summed E-state index contributed by atoms with van der Waals surface area (Å²) in [5.74, 6) is -1.99. The van der Waals surface area contributed by atoms with E-state index in [1.165, 1.54) is 12.1 Å². The highest BCUT2D eigenvalue weighted by Gasteiger charge is 2.17. The molecule has 0 saturated heterocycles. The van der Waals surface area contributed by atoms with Crippen LogP contribution in [0.2, 0.25) is 5.02 Å². The number of anilines is 1. The number of aromatic hydroxyl groups is 1. The number of nitrogens with one attached hydrogen (secondary N) is 1. The molecule has 3 rings (SSSR count). The van der Waals surface area contributed by atoms with E-state index in [9.17, 15) is 19.1 Å². The standard InChI is InChI=1S/C17H10BrClFN3O3/c18-9-1-4-11(5-2-9)23-15(25)8-14(24)16(22-23)17(26)21-10-3-6-13(20)12(19)7-10/h1-8,24H,(H,21,26). The van der Waals surface area contributed by atoms with Crippen molar-refractivity contribution in [3.05, 3.63) is 79.9 Å². The highest BCUT2D eigenvalue weighted by Crippen LogP contribution is 2.21. The van der Waals surface area contributed by atoms with Crippen LogP contribution < -0.4 is 10.9 Å². The fourth-order valence-electron chi connectivity index (χ4n) is 2.14. The Hall–Kier alpha value is -2.71. The van der Waals surface area contributed by atoms with Crippen LogP contribution in [0.1, 0.15) is 10.5 Å². The molecule has 1 aromatic heterocycles. The van der Waals surface area contributed by atoms with Crippen LogP contribution >= 0.6 is 27.5 Å². The molecule has 1 heterocycles. The molecule has 3 aromatic rings. The van der Waals surface area contributed by atoms with E-state index < -0.39 is 23.0 Å². The summed E-state index contributed by atoms with van der Waals surface area (Å²) >= 11 is 8.96. The maximum Gasteiger partial charge on any atom is 0.279 e. The van der Waals surface area contributed by atoms with Crippen molar-refractivity contribution in [1.29, 1.82) is 0 Å². The van der Waals surface area contributed by atoms with Crippen LogP contribution in [-0.2, 0) is 0 Å². The normalized spacial score (nSPS) is 10.6. The van der Waals surface area contributed by atoms with E-state index in [-0.39, 0.29) is 16.4 Å². The van der Waals surface area contributed by atoms with Crippen molar-refractivity contribution in [2.75, 3.05) is 5.32 Å². The van der Waals surface area contributed by atoms with Crippen molar-refractivity contribution in [1.82, 2.24) is 9.78 Å². The average molecular weight is 439 g/mol. The minimum atomic E-state index is -0.781. The summed E-state index contributed by atoms with van der Waals surface area (Å²) in [7, 11) is 0. The molecule has 26 heavy (non-hydrogen) atoms. The largest absolute Gasteiger partial charge is 0.505 e. The Morgan fingerprint density at radius 3 is 2.54 bits per heavy atom. The second-order valence-corrected chi connectivity index (χ2v) is 6.51. The van der Waals surface area contributed by atoms with Crippen LogP contribution in [0, 0.1) is 5.82 Å². The Labute approximate surface area is 160 Å². The number of carbonyl (C=O) groups excluding carboxylic acids is 1. The van der Waals surface area contributed by atoms with Crippen molar-refractivity contribution >= 4 is 39.1 Å². The van der Waals surface area contributed by atoms with Gasteiger partial charge < -0.3 is 10.4 Å². The zero-order valence-electron chi connectivity index (χ0n) is 12.9. The summed E-state index contributed by atoms with van der Waals surface area (Å²) in [5.41, 5.74) is -0.347. The zero-order chi connectivity index (χ0) is 18.8. The number of halogens is 3. The predicted molar refractivity (Wildman–Crippen MR) is 98.6 cm³/mol. The first-order valence-corrected chi connectivity index (χ1v) is 8.38. The summed E-state index contributed by atoms with van der Waals surface area (Å²) in [4.78, 5) is 24.5. The molecule has 1 amide bonds. The number of benzene rings is 2. The lowest BCUT2D eigenvalue weighted by Gasteiger charge is -2.10. The van der Waals surface area contributed by atoms with E-state index in [1.54, 1.807) is 24.3 Å². The van der Waals surface area contributed by atoms with Crippen LogP contribution in [0.5, 0.6) is 5.75 Å².